The van der Waals surface area contributed by atoms with Gasteiger partial charge in [0.1, 0.15) is 24.1 Å². The van der Waals surface area contributed by atoms with Crippen LogP contribution in [-0.2, 0) is 32.6 Å². The number of para-hydroxylation sites is 2. The molecule has 0 saturated heterocycles. The summed E-state index contributed by atoms with van der Waals surface area (Å²) in [7, 11) is -1.26. The first-order valence-electron chi connectivity index (χ1n) is 15.6. The molecule has 0 aliphatic heterocycles. The van der Waals surface area contributed by atoms with E-state index in [0.717, 1.165) is 21.0 Å². The lowest BCUT2D eigenvalue weighted by atomic mass is 10.0. The second kappa shape index (κ2) is 16.1. The molecule has 0 radical (unpaired) electrons. The Kier molecular flexibility index (Phi) is 12.0. The number of nitrogens with zero attached hydrogens (tertiary/aromatic N) is 2. The molecule has 4 aromatic carbocycles. The molecule has 2 amide bonds. The minimum Gasteiger partial charge on any atom is -0.497 e. The Morgan fingerprint density at radius 1 is 0.830 bits per heavy atom. The summed E-state index contributed by atoms with van der Waals surface area (Å²) < 4.78 is 40.6. The summed E-state index contributed by atoms with van der Waals surface area (Å²) in [5, 5.41) is 3.05. The van der Waals surface area contributed by atoms with Crippen LogP contribution in [0.3, 0.4) is 0 Å². The minimum absolute atomic E-state index is 0.0245. The summed E-state index contributed by atoms with van der Waals surface area (Å²) in [5.74, 6) is -0.0128. The van der Waals surface area contributed by atoms with Crippen molar-refractivity contribution >= 4 is 27.5 Å². The maximum Gasteiger partial charge on any atom is 0.264 e. The molecule has 0 heterocycles. The summed E-state index contributed by atoms with van der Waals surface area (Å²) in [6, 6.07) is 28.7. The van der Waals surface area contributed by atoms with Gasteiger partial charge in [0.05, 0.1) is 24.8 Å². The zero-order valence-electron chi connectivity index (χ0n) is 27.6. The molecule has 10 heteroatoms. The van der Waals surface area contributed by atoms with Gasteiger partial charge in [-0.05, 0) is 67.8 Å². The van der Waals surface area contributed by atoms with Gasteiger partial charge in [0, 0.05) is 19.0 Å². The second-order valence-electron chi connectivity index (χ2n) is 11.4. The van der Waals surface area contributed by atoms with Crippen LogP contribution in [0.25, 0.3) is 0 Å². The van der Waals surface area contributed by atoms with E-state index >= 15 is 0 Å². The lowest BCUT2D eigenvalue weighted by Crippen LogP contribution is -2.54. The summed E-state index contributed by atoms with van der Waals surface area (Å²) in [4.78, 5) is 30.2. The maximum atomic E-state index is 14.7. The highest BCUT2D eigenvalue weighted by atomic mass is 32.2. The van der Waals surface area contributed by atoms with Crippen LogP contribution in [0, 0.1) is 6.92 Å². The normalized spacial score (nSPS) is 12.4. The number of hydrogen-bond acceptors (Lipinski definition) is 6. The summed E-state index contributed by atoms with van der Waals surface area (Å²) in [6.07, 6.45) is 0.919. The van der Waals surface area contributed by atoms with Crippen LogP contribution >= 0.6 is 0 Å². The van der Waals surface area contributed by atoms with Gasteiger partial charge >= 0.3 is 0 Å². The number of aryl methyl sites for hydroxylation is 1. The van der Waals surface area contributed by atoms with Crippen LogP contribution in [0.2, 0.25) is 0 Å². The van der Waals surface area contributed by atoms with Crippen molar-refractivity contribution in [2.45, 2.75) is 57.1 Å². The van der Waals surface area contributed by atoms with Crippen molar-refractivity contribution in [1.82, 2.24) is 10.2 Å². The summed E-state index contributed by atoms with van der Waals surface area (Å²) >= 11 is 0. The SMILES string of the molecule is CC[C@H](C)NC(=O)[C@H](Cc1ccccc1)N(Cc1cccc(OC)c1)C(=O)CN(c1ccccc1OC)S(=O)(=O)c1ccc(C)cc1. The van der Waals surface area contributed by atoms with Gasteiger partial charge in [0.15, 0.2) is 0 Å². The largest absolute Gasteiger partial charge is 0.497 e. The van der Waals surface area contributed by atoms with Crippen LogP contribution < -0.4 is 19.1 Å². The molecule has 0 aliphatic carbocycles. The van der Waals surface area contributed by atoms with Crippen molar-refractivity contribution in [3.05, 3.63) is 120 Å². The molecule has 2 atom stereocenters. The molecule has 0 aliphatic rings. The van der Waals surface area contributed by atoms with Gasteiger partial charge in [-0.2, -0.15) is 0 Å². The van der Waals surface area contributed by atoms with Crippen molar-refractivity contribution < 1.29 is 27.5 Å². The van der Waals surface area contributed by atoms with E-state index in [2.05, 4.69) is 5.32 Å². The highest BCUT2D eigenvalue weighted by Gasteiger charge is 2.35. The molecule has 4 rings (SSSR count). The van der Waals surface area contributed by atoms with Crippen LogP contribution in [0.15, 0.2) is 108 Å². The van der Waals surface area contributed by atoms with Crippen molar-refractivity contribution in [2.24, 2.45) is 0 Å². The molecule has 4 aromatic rings. The quantitative estimate of drug-likeness (QED) is 0.174. The molecule has 47 heavy (non-hydrogen) atoms. The Bertz CT molecular complexity index is 1750. The molecule has 0 unspecified atom stereocenters. The molecule has 0 spiro atoms. The minimum atomic E-state index is -4.26. The Labute approximate surface area is 278 Å². The van der Waals surface area contributed by atoms with E-state index in [-0.39, 0.29) is 41.2 Å². The summed E-state index contributed by atoms with van der Waals surface area (Å²) in [5.41, 5.74) is 2.67. The van der Waals surface area contributed by atoms with E-state index in [0.29, 0.717) is 12.2 Å². The number of carbonyl (C=O) groups excluding carboxylic acids is 2. The highest BCUT2D eigenvalue weighted by Crippen LogP contribution is 2.33. The van der Waals surface area contributed by atoms with Crippen LogP contribution in [0.1, 0.15) is 37.0 Å². The van der Waals surface area contributed by atoms with Crippen LogP contribution in [0.4, 0.5) is 5.69 Å². The van der Waals surface area contributed by atoms with E-state index in [1.54, 1.807) is 55.6 Å². The molecule has 0 fully saturated rings. The van der Waals surface area contributed by atoms with Crippen molar-refractivity contribution in [2.75, 3.05) is 25.1 Å². The smallest absolute Gasteiger partial charge is 0.264 e. The topological polar surface area (TPSA) is 105 Å². The van der Waals surface area contributed by atoms with Crippen LogP contribution in [-0.4, -0.2) is 58.0 Å². The number of carbonyl (C=O) groups is 2. The predicted molar refractivity (Wildman–Crippen MR) is 184 cm³/mol. The molecule has 1 N–H and O–H groups in total. The van der Waals surface area contributed by atoms with E-state index in [9.17, 15) is 18.0 Å². The van der Waals surface area contributed by atoms with E-state index in [4.69, 9.17) is 9.47 Å². The Morgan fingerprint density at radius 3 is 2.15 bits per heavy atom. The molecule has 248 valence electrons. The predicted octanol–water partition coefficient (Wildman–Crippen LogP) is 5.76. The van der Waals surface area contributed by atoms with Crippen LogP contribution in [0.5, 0.6) is 11.5 Å². The fourth-order valence-electron chi connectivity index (χ4n) is 5.15. The van der Waals surface area contributed by atoms with Gasteiger partial charge in [-0.15, -0.1) is 0 Å². The standard InChI is InChI=1S/C37H43N3O6S/c1-6-28(3)38-37(42)34(24-29-13-8-7-9-14-29)39(25-30-15-12-16-31(23-30)45-4)36(41)26-40(33-17-10-11-18-35(33)46-5)47(43,44)32-21-19-27(2)20-22-32/h7-23,28,34H,6,24-26H2,1-5H3,(H,38,42)/t28-,34-/m0/s1. The number of hydrogen-bond donors (Lipinski definition) is 1. The molecule has 0 aromatic heterocycles. The van der Waals surface area contributed by atoms with Gasteiger partial charge in [0.2, 0.25) is 11.8 Å². The van der Waals surface area contributed by atoms with Gasteiger partial charge in [-0.3, -0.25) is 13.9 Å². The average molecular weight is 658 g/mol. The zero-order valence-corrected chi connectivity index (χ0v) is 28.4. The third-order valence-electron chi connectivity index (χ3n) is 8.00. The lowest BCUT2D eigenvalue weighted by Gasteiger charge is -2.34. The van der Waals surface area contributed by atoms with Gasteiger partial charge in [0.25, 0.3) is 10.0 Å². The first kappa shape index (κ1) is 35.0. The number of amides is 2. The third-order valence-corrected chi connectivity index (χ3v) is 9.77. The third kappa shape index (κ3) is 8.92. The fraction of sp³-hybridized carbons (Fsp3) is 0.297. The Morgan fingerprint density at radius 2 is 1.49 bits per heavy atom. The van der Waals surface area contributed by atoms with Gasteiger partial charge in [-0.1, -0.05) is 79.2 Å². The number of methoxy groups -OCH3 is 2. The van der Waals surface area contributed by atoms with Crippen molar-refractivity contribution in [3.63, 3.8) is 0 Å². The fourth-order valence-corrected chi connectivity index (χ4v) is 6.57. The van der Waals surface area contributed by atoms with E-state index in [1.807, 2.05) is 63.2 Å². The maximum absolute atomic E-state index is 14.7. The molecule has 0 saturated carbocycles. The molecule has 0 bridgehead atoms. The van der Waals surface area contributed by atoms with Gasteiger partial charge in [-0.25, -0.2) is 8.42 Å². The first-order chi connectivity index (χ1) is 22.6. The summed E-state index contributed by atoms with van der Waals surface area (Å²) in [6.45, 7) is 5.20. The van der Waals surface area contributed by atoms with E-state index in [1.165, 1.54) is 24.1 Å². The number of rotatable bonds is 15. The zero-order chi connectivity index (χ0) is 34.0. The molecular weight excluding hydrogens is 614 g/mol. The van der Waals surface area contributed by atoms with Gasteiger partial charge < -0.3 is 19.7 Å². The lowest BCUT2D eigenvalue weighted by molar-refractivity contribution is -0.140. The number of nitrogens with one attached hydrogen (secondary N) is 1. The monoisotopic (exact) mass is 657 g/mol. The number of sulfonamides is 1. The second-order valence-corrected chi connectivity index (χ2v) is 13.3. The van der Waals surface area contributed by atoms with Crippen molar-refractivity contribution in [1.29, 1.82) is 0 Å². The Balaban J connectivity index is 1.84. The molecule has 9 nitrogen and oxygen atoms in total. The van der Waals surface area contributed by atoms with Crippen molar-refractivity contribution in [3.8, 4) is 11.5 Å². The number of benzene rings is 4. The molecular formula is C37H43N3O6S. The number of ether oxygens (including phenoxy) is 2. The average Bonchev–Trinajstić information content (AvgIpc) is 3.09. The Hall–Kier alpha value is -4.83. The number of anilines is 1. The first-order valence-corrected chi connectivity index (χ1v) is 17.0. The van der Waals surface area contributed by atoms with E-state index < -0.39 is 28.5 Å². The highest BCUT2D eigenvalue weighted by molar-refractivity contribution is 7.92.